The number of methoxy groups -OCH3 is 1. The average molecular weight is 368 g/mol. The molecule has 1 fully saturated rings. The van der Waals surface area contributed by atoms with Gasteiger partial charge in [0.15, 0.2) is 17.1 Å². The van der Waals surface area contributed by atoms with Gasteiger partial charge in [0, 0.05) is 31.1 Å². The molecule has 0 bridgehead atoms. The molecule has 0 saturated carbocycles. The molecule has 3 heterocycles. The average Bonchev–Trinajstić information content (AvgIpc) is 3.34. The lowest BCUT2D eigenvalue weighted by molar-refractivity contribution is 0.120. The summed E-state index contributed by atoms with van der Waals surface area (Å²) in [5, 5.41) is 3.53. The SMILES string of the molecule is CCOc1ccc(-c2nc3cnccn3c2NCC2CCCO2)cc1OC. The van der Waals surface area contributed by atoms with Crippen molar-refractivity contribution in [2.24, 2.45) is 0 Å². The first-order valence-corrected chi connectivity index (χ1v) is 9.29. The molecule has 1 atom stereocenters. The van der Waals surface area contributed by atoms with Gasteiger partial charge in [-0.1, -0.05) is 0 Å². The van der Waals surface area contributed by atoms with E-state index < -0.39 is 0 Å². The van der Waals surface area contributed by atoms with Gasteiger partial charge >= 0.3 is 0 Å². The van der Waals surface area contributed by atoms with Crippen LogP contribution in [0.15, 0.2) is 36.8 Å². The smallest absolute Gasteiger partial charge is 0.161 e. The van der Waals surface area contributed by atoms with Gasteiger partial charge in [-0.2, -0.15) is 0 Å². The highest BCUT2D eigenvalue weighted by atomic mass is 16.5. The predicted molar refractivity (Wildman–Crippen MR) is 104 cm³/mol. The van der Waals surface area contributed by atoms with Crippen LogP contribution in [0.1, 0.15) is 19.8 Å². The van der Waals surface area contributed by atoms with Gasteiger partial charge in [0.05, 0.1) is 26.0 Å². The normalized spacial score (nSPS) is 16.6. The first kappa shape index (κ1) is 17.6. The molecule has 0 radical (unpaired) electrons. The maximum Gasteiger partial charge on any atom is 0.161 e. The summed E-state index contributed by atoms with van der Waals surface area (Å²) in [7, 11) is 1.64. The first-order chi connectivity index (χ1) is 13.3. The topological polar surface area (TPSA) is 69.9 Å². The Morgan fingerprint density at radius 3 is 3.04 bits per heavy atom. The second-order valence-corrected chi connectivity index (χ2v) is 6.43. The number of ether oxygens (including phenoxy) is 3. The third kappa shape index (κ3) is 3.55. The standard InChI is InChI=1S/C20H24N4O3/c1-3-26-16-7-6-14(11-17(16)25-2)19-20(22-12-15-5-4-10-27-15)24-9-8-21-13-18(24)23-19/h6-9,11,13,15,22H,3-5,10,12H2,1-2H3. The van der Waals surface area contributed by atoms with Gasteiger partial charge < -0.3 is 19.5 Å². The van der Waals surface area contributed by atoms with Crippen LogP contribution in [0.25, 0.3) is 16.9 Å². The first-order valence-electron chi connectivity index (χ1n) is 9.29. The molecule has 2 aromatic heterocycles. The zero-order valence-electron chi connectivity index (χ0n) is 15.6. The number of hydrogen-bond acceptors (Lipinski definition) is 6. The van der Waals surface area contributed by atoms with Crippen LogP contribution in [-0.4, -0.2) is 47.3 Å². The lowest BCUT2D eigenvalue weighted by atomic mass is 10.1. The molecular formula is C20H24N4O3. The number of anilines is 1. The van der Waals surface area contributed by atoms with Gasteiger partial charge in [-0.25, -0.2) is 4.98 Å². The van der Waals surface area contributed by atoms with E-state index in [2.05, 4.69) is 10.3 Å². The molecule has 7 heteroatoms. The fourth-order valence-electron chi connectivity index (χ4n) is 3.38. The van der Waals surface area contributed by atoms with Gasteiger partial charge in [-0.15, -0.1) is 0 Å². The minimum Gasteiger partial charge on any atom is -0.493 e. The van der Waals surface area contributed by atoms with Crippen LogP contribution >= 0.6 is 0 Å². The molecule has 3 aromatic rings. The fourth-order valence-corrected chi connectivity index (χ4v) is 3.38. The van der Waals surface area contributed by atoms with Gasteiger partial charge in [0.25, 0.3) is 0 Å². The summed E-state index contributed by atoms with van der Waals surface area (Å²) in [5.41, 5.74) is 2.59. The van der Waals surface area contributed by atoms with Crippen LogP contribution in [0.3, 0.4) is 0 Å². The summed E-state index contributed by atoms with van der Waals surface area (Å²) in [6.45, 7) is 4.13. The summed E-state index contributed by atoms with van der Waals surface area (Å²) in [6.07, 6.45) is 7.86. The maximum atomic E-state index is 5.75. The minimum atomic E-state index is 0.236. The highest BCUT2D eigenvalue weighted by Crippen LogP contribution is 2.35. The second-order valence-electron chi connectivity index (χ2n) is 6.43. The van der Waals surface area contributed by atoms with Crippen molar-refractivity contribution in [1.29, 1.82) is 0 Å². The number of hydrogen-bond donors (Lipinski definition) is 1. The van der Waals surface area contributed by atoms with E-state index in [-0.39, 0.29) is 6.10 Å². The van der Waals surface area contributed by atoms with E-state index in [1.54, 1.807) is 19.5 Å². The number of benzene rings is 1. The van der Waals surface area contributed by atoms with Crippen molar-refractivity contribution in [1.82, 2.24) is 14.4 Å². The monoisotopic (exact) mass is 368 g/mol. The molecule has 1 N–H and O–H groups in total. The Hall–Kier alpha value is -2.80. The zero-order valence-corrected chi connectivity index (χ0v) is 15.6. The Labute approximate surface area is 158 Å². The summed E-state index contributed by atoms with van der Waals surface area (Å²) in [6, 6.07) is 5.88. The quantitative estimate of drug-likeness (QED) is 0.689. The van der Waals surface area contributed by atoms with Crippen molar-refractivity contribution in [3.8, 4) is 22.8 Å². The van der Waals surface area contributed by atoms with E-state index >= 15 is 0 Å². The van der Waals surface area contributed by atoms with Crippen LogP contribution < -0.4 is 14.8 Å². The van der Waals surface area contributed by atoms with Gasteiger partial charge in [-0.05, 0) is 38.0 Å². The van der Waals surface area contributed by atoms with E-state index in [9.17, 15) is 0 Å². The number of aromatic nitrogens is 3. The molecule has 142 valence electrons. The number of imidazole rings is 1. The Bertz CT molecular complexity index is 919. The van der Waals surface area contributed by atoms with Gasteiger partial charge in [0.1, 0.15) is 11.5 Å². The molecule has 1 aliphatic rings. The Morgan fingerprint density at radius 1 is 1.33 bits per heavy atom. The van der Waals surface area contributed by atoms with Gasteiger partial charge in [0.2, 0.25) is 0 Å². The predicted octanol–water partition coefficient (Wildman–Crippen LogP) is 3.39. The molecule has 7 nitrogen and oxygen atoms in total. The van der Waals surface area contributed by atoms with Crippen LogP contribution in [0, 0.1) is 0 Å². The molecule has 0 aliphatic carbocycles. The number of nitrogens with zero attached hydrogens (tertiary/aromatic N) is 3. The zero-order chi connectivity index (χ0) is 18.6. The second kappa shape index (κ2) is 7.84. The number of fused-ring (bicyclic) bond motifs is 1. The molecule has 27 heavy (non-hydrogen) atoms. The van der Waals surface area contributed by atoms with E-state index in [1.165, 1.54) is 0 Å². The van der Waals surface area contributed by atoms with Crippen molar-refractivity contribution in [3.63, 3.8) is 0 Å². The largest absolute Gasteiger partial charge is 0.493 e. The molecule has 1 aliphatic heterocycles. The highest BCUT2D eigenvalue weighted by Gasteiger charge is 2.19. The lowest BCUT2D eigenvalue weighted by Gasteiger charge is -2.14. The number of rotatable bonds is 7. The van der Waals surface area contributed by atoms with Crippen LogP contribution in [0.4, 0.5) is 5.82 Å². The molecular weight excluding hydrogens is 344 g/mol. The molecule has 0 amide bonds. The molecule has 4 rings (SSSR count). The lowest BCUT2D eigenvalue weighted by Crippen LogP contribution is -2.19. The van der Waals surface area contributed by atoms with Gasteiger partial charge in [-0.3, -0.25) is 9.38 Å². The Morgan fingerprint density at radius 2 is 2.26 bits per heavy atom. The van der Waals surface area contributed by atoms with Crippen molar-refractivity contribution in [3.05, 3.63) is 36.8 Å². The third-order valence-electron chi connectivity index (χ3n) is 4.69. The van der Waals surface area contributed by atoms with E-state index in [4.69, 9.17) is 19.2 Å². The Kier molecular flexibility index (Phi) is 5.11. The van der Waals surface area contributed by atoms with E-state index in [1.807, 2.05) is 35.7 Å². The highest BCUT2D eigenvalue weighted by molar-refractivity contribution is 5.77. The van der Waals surface area contributed by atoms with E-state index in [0.29, 0.717) is 12.4 Å². The van der Waals surface area contributed by atoms with Crippen molar-refractivity contribution in [2.45, 2.75) is 25.9 Å². The third-order valence-corrected chi connectivity index (χ3v) is 4.69. The molecule has 1 unspecified atom stereocenters. The summed E-state index contributed by atoms with van der Waals surface area (Å²) >= 11 is 0. The minimum absolute atomic E-state index is 0.236. The van der Waals surface area contributed by atoms with Crippen molar-refractivity contribution < 1.29 is 14.2 Å². The molecule has 1 saturated heterocycles. The summed E-state index contributed by atoms with van der Waals surface area (Å²) < 4.78 is 18.9. The summed E-state index contributed by atoms with van der Waals surface area (Å²) in [4.78, 5) is 8.97. The molecule has 0 spiro atoms. The van der Waals surface area contributed by atoms with Crippen molar-refractivity contribution >= 4 is 11.5 Å². The van der Waals surface area contributed by atoms with E-state index in [0.717, 1.165) is 54.5 Å². The van der Waals surface area contributed by atoms with Crippen LogP contribution in [0.2, 0.25) is 0 Å². The summed E-state index contributed by atoms with van der Waals surface area (Å²) in [5.74, 6) is 2.34. The Balaban J connectivity index is 1.72. The molecule has 1 aromatic carbocycles. The number of nitrogens with one attached hydrogen (secondary N) is 1. The van der Waals surface area contributed by atoms with Crippen molar-refractivity contribution in [2.75, 3.05) is 32.2 Å². The van der Waals surface area contributed by atoms with Crippen LogP contribution in [-0.2, 0) is 4.74 Å². The van der Waals surface area contributed by atoms with Crippen LogP contribution in [0.5, 0.6) is 11.5 Å². The fraction of sp³-hybridized carbons (Fsp3) is 0.400. The maximum absolute atomic E-state index is 5.75.